The summed E-state index contributed by atoms with van der Waals surface area (Å²) in [5.74, 6) is 0.145. The van der Waals surface area contributed by atoms with E-state index in [0.717, 1.165) is 24.2 Å². The van der Waals surface area contributed by atoms with Gasteiger partial charge in [0.2, 0.25) is 0 Å². The molecule has 2 aromatic carbocycles. The summed E-state index contributed by atoms with van der Waals surface area (Å²) >= 11 is 0. The van der Waals surface area contributed by atoms with Crippen molar-refractivity contribution >= 4 is 5.78 Å². The molecule has 23 heavy (non-hydrogen) atoms. The minimum atomic E-state index is 0.0328. The molecule has 0 saturated heterocycles. The van der Waals surface area contributed by atoms with Crippen LogP contribution >= 0.6 is 0 Å². The highest BCUT2D eigenvalue weighted by Gasteiger charge is 2.22. The van der Waals surface area contributed by atoms with Crippen molar-refractivity contribution in [3.63, 3.8) is 0 Å². The SMILES string of the molecule is CCN(CC)C(CC(=O)c1ccccc1)c1ccc(C#N)cc1. The summed E-state index contributed by atoms with van der Waals surface area (Å²) in [6.45, 7) is 5.97. The van der Waals surface area contributed by atoms with Crippen LogP contribution in [0, 0.1) is 11.3 Å². The number of benzene rings is 2. The van der Waals surface area contributed by atoms with Gasteiger partial charge >= 0.3 is 0 Å². The van der Waals surface area contributed by atoms with Gasteiger partial charge in [-0.05, 0) is 30.8 Å². The van der Waals surface area contributed by atoms with E-state index >= 15 is 0 Å². The second-order valence-corrected chi connectivity index (χ2v) is 5.46. The van der Waals surface area contributed by atoms with Gasteiger partial charge in [-0.15, -0.1) is 0 Å². The summed E-state index contributed by atoms with van der Waals surface area (Å²) in [4.78, 5) is 14.9. The Balaban J connectivity index is 2.27. The van der Waals surface area contributed by atoms with E-state index in [-0.39, 0.29) is 11.8 Å². The van der Waals surface area contributed by atoms with Crippen LogP contribution in [-0.2, 0) is 0 Å². The zero-order chi connectivity index (χ0) is 16.7. The van der Waals surface area contributed by atoms with Gasteiger partial charge in [-0.2, -0.15) is 5.26 Å². The molecule has 2 aromatic rings. The number of nitriles is 1. The summed E-state index contributed by atoms with van der Waals surface area (Å²) in [6.07, 6.45) is 0.442. The van der Waals surface area contributed by atoms with Gasteiger partial charge in [-0.25, -0.2) is 0 Å². The molecule has 0 aliphatic rings. The number of rotatable bonds is 7. The standard InChI is InChI=1S/C20H22N2O/c1-3-22(4-2)19(17-12-10-16(15-21)11-13-17)14-20(23)18-8-6-5-7-9-18/h5-13,19H,3-4,14H2,1-2H3. The number of carbonyl (C=O) groups excluding carboxylic acids is 1. The van der Waals surface area contributed by atoms with E-state index < -0.39 is 0 Å². The van der Waals surface area contributed by atoms with Crippen molar-refractivity contribution in [1.82, 2.24) is 4.90 Å². The monoisotopic (exact) mass is 306 g/mol. The van der Waals surface area contributed by atoms with Crippen LogP contribution in [0.5, 0.6) is 0 Å². The second-order valence-electron chi connectivity index (χ2n) is 5.46. The van der Waals surface area contributed by atoms with Gasteiger partial charge in [0.15, 0.2) is 5.78 Å². The van der Waals surface area contributed by atoms with Gasteiger partial charge in [0.05, 0.1) is 11.6 Å². The zero-order valence-electron chi connectivity index (χ0n) is 13.7. The molecule has 0 heterocycles. The maximum absolute atomic E-state index is 12.6. The van der Waals surface area contributed by atoms with E-state index in [1.54, 1.807) is 0 Å². The molecule has 0 fully saturated rings. The van der Waals surface area contributed by atoms with E-state index in [1.165, 1.54) is 0 Å². The average molecular weight is 306 g/mol. The van der Waals surface area contributed by atoms with Gasteiger partial charge in [0.1, 0.15) is 0 Å². The molecule has 0 radical (unpaired) electrons. The predicted octanol–water partition coefficient (Wildman–Crippen LogP) is 4.21. The first-order chi connectivity index (χ1) is 11.2. The highest BCUT2D eigenvalue weighted by atomic mass is 16.1. The molecule has 0 aliphatic carbocycles. The van der Waals surface area contributed by atoms with E-state index in [9.17, 15) is 4.79 Å². The molecule has 3 heteroatoms. The number of ketones is 1. The van der Waals surface area contributed by atoms with E-state index in [4.69, 9.17) is 5.26 Å². The van der Waals surface area contributed by atoms with Crippen LogP contribution in [-0.4, -0.2) is 23.8 Å². The Hall–Kier alpha value is -2.44. The number of hydrogen-bond acceptors (Lipinski definition) is 3. The fraction of sp³-hybridized carbons (Fsp3) is 0.300. The Morgan fingerprint density at radius 3 is 2.17 bits per heavy atom. The molecule has 0 bridgehead atoms. The molecule has 0 N–H and O–H groups in total. The molecule has 0 aliphatic heterocycles. The van der Waals surface area contributed by atoms with Crippen molar-refractivity contribution < 1.29 is 4.79 Å². The van der Waals surface area contributed by atoms with Crippen molar-refractivity contribution in [1.29, 1.82) is 5.26 Å². The molecule has 118 valence electrons. The minimum Gasteiger partial charge on any atom is -0.296 e. The van der Waals surface area contributed by atoms with Crippen molar-refractivity contribution in [3.05, 3.63) is 71.3 Å². The van der Waals surface area contributed by atoms with Crippen molar-refractivity contribution in [2.75, 3.05) is 13.1 Å². The van der Waals surface area contributed by atoms with Crippen molar-refractivity contribution in [2.24, 2.45) is 0 Å². The fourth-order valence-corrected chi connectivity index (χ4v) is 2.82. The van der Waals surface area contributed by atoms with Crippen LogP contribution in [0.1, 0.15) is 47.8 Å². The van der Waals surface area contributed by atoms with E-state index in [1.807, 2.05) is 54.6 Å². The summed E-state index contributed by atoms with van der Waals surface area (Å²) < 4.78 is 0. The van der Waals surface area contributed by atoms with Crippen LogP contribution in [0.3, 0.4) is 0 Å². The molecular weight excluding hydrogens is 284 g/mol. The molecule has 3 nitrogen and oxygen atoms in total. The first-order valence-corrected chi connectivity index (χ1v) is 8.02. The van der Waals surface area contributed by atoms with Crippen LogP contribution < -0.4 is 0 Å². The minimum absolute atomic E-state index is 0.0328. The average Bonchev–Trinajstić information content (AvgIpc) is 2.62. The Labute approximate surface area is 138 Å². The number of hydrogen-bond donors (Lipinski definition) is 0. The Morgan fingerprint density at radius 1 is 1.04 bits per heavy atom. The maximum atomic E-state index is 12.6. The Bertz CT molecular complexity index is 667. The third kappa shape index (κ3) is 4.28. The lowest BCUT2D eigenvalue weighted by atomic mass is 9.96. The number of nitrogens with zero attached hydrogens (tertiary/aromatic N) is 2. The molecule has 0 spiro atoms. The summed E-state index contributed by atoms with van der Waals surface area (Å²) in [6, 6.07) is 19.1. The largest absolute Gasteiger partial charge is 0.296 e. The third-order valence-corrected chi connectivity index (χ3v) is 4.15. The lowest BCUT2D eigenvalue weighted by molar-refractivity contribution is 0.0924. The van der Waals surface area contributed by atoms with Crippen LogP contribution in [0.15, 0.2) is 54.6 Å². The molecule has 2 rings (SSSR count). The van der Waals surface area contributed by atoms with E-state index in [0.29, 0.717) is 12.0 Å². The fourth-order valence-electron chi connectivity index (χ4n) is 2.82. The van der Waals surface area contributed by atoms with Crippen LogP contribution in [0.2, 0.25) is 0 Å². The number of carbonyl (C=O) groups is 1. The zero-order valence-corrected chi connectivity index (χ0v) is 13.7. The lowest BCUT2D eigenvalue weighted by Crippen LogP contribution is -2.30. The first kappa shape index (κ1) is 16.9. The second kappa shape index (κ2) is 8.26. The Morgan fingerprint density at radius 2 is 1.65 bits per heavy atom. The highest BCUT2D eigenvalue weighted by molar-refractivity contribution is 5.96. The van der Waals surface area contributed by atoms with Crippen LogP contribution in [0.25, 0.3) is 0 Å². The predicted molar refractivity (Wildman–Crippen MR) is 92.2 cm³/mol. The van der Waals surface area contributed by atoms with Crippen molar-refractivity contribution in [2.45, 2.75) is 26.3 Å². The van der Waals surface area contributed by atoms with Crippen molar-refractivity contribution in [3.8, 4) is 6.07 Å². The lowest BCUT2D eigenvalue weighted by Gasteiger charge is -2.29. The first-order valence-electron chi connectivity index (χ1n) is 8.02. The molecular formula is C20H22N2O. The molecule has 0 aromatic heterocycles. The van der Waals surface area contributed by atoms with Crippen LogP contribution in [0.4, 0.5) is 0 Å². The topological polar surface area (TPSA) is 44.1 Å². The van der Waals surface area contributed by atoms with Gasteiger partial charge in [0.25, 0.3) is 0 Å². The smallest absolute Gasteiger partial charge is 0.164 e. The van der Waals surface area contributed by atoms with Gasteiger partial charge < -0.3 is 0 Å². The summed E-state index contributed by atoms with van der Waals surface area (Å²) in [7, 11) is 0. The van der Waals surface area contributed by atoms with Gasteiger partial charge in [-0.1, -0.05) is 56.3 Å². The normalized spacial score (nSPS) is 11.9. The highest BCUT2D eigenvalue weighted by Crippen LogP contribution is 2.26. The molecule has 1 unspecified atom stereocenters. The van der Waals surface area contributed by atoms with Gasteiger partial charge in [0, 0.05) is 18.0 Å². The molecule has 0 saturated carbocycles. The van der Waals surface area contributed by atoms with E-state index in [2.05, 4.69) is 24.8 Å². The third-order valence-electron chi connectivity index (χ3n) is 4.15. The quantitative estimate of drug-likeness (QED) is 0.720. The van der Waals surface area contributed by atoms with Gasteiger partial charge in [-0.3, -0.25) is 9.69 Å². The number of Topliss-reactive ketones (excluding diaryl/α,β-unsaturated/α-hetero) is 1. The maximum Gasteiger partial charge on any atom is 0.164 e. The summed E-state index contributed by atoms with van der Waals surface area (Å²) in [5.41, 5.74) is 2.47. The molecule has 0 amide bonds. The Kier molecular flexibility index (Phi) is 6.08. The molecule has 1 atom stereocenters. The summed E-state index contributed by atoms with van der Waals surface area (Å²) in [5, 5.41) is 8.95.